The quantitative estimate of drug-likeness (QED) is 0.847. The van der Waals surface area contributed by atoms with Crippen molar-refractivity contribution in [1.29, 1.82) is 0 Å². The fourth-order valence-corrected chi connectivity index (χ4v) is 4.83. The first-order valence-electron chi connectivity index (χ1n) is 6.64. The normalized spacial score (nSPS) is 21.9. The van der Waals surface area contributed by atoms with Crippen LogP contribution in [0.4, 0.5) is 0 Å². The highest BCUT2D eigenvalue weighted by Crippen LogP contribution is 2.38. The molecule has 104 valence electrons. The largest absolute Gasteiger partial charge is 0.377 e. The number of hydrogen-bond donors (Lipinski definition) is 0. The molecule has 0 spiro atoms. The molecule has 0 amide bonds. The van der Waals surface area contributed by atoms with Gasteiger partial charge in [0.15, 0.2) is 0 Å². The molecule has 1 heterocycles. The number of ether oxygens (including phenoxy) is 1. The Bertz CT molecular complexity index is 548. The van der Waals surface area contributed by atoms with E-state index in [2.05, 4.69) is 0 Å². The van der Waals surface area contributed by atoms with Crippen LogP contribution in [0.5, 0.6) is 0 Å². The maximum atomic E-state index is 12.5. The van der Waals surface area contributed by atoms with Gasteiger partial charge in [-0.25, -0.2) is 8.42 Å². The second-order valence-electron chi connectivity index (χ2n) is 5.53. The molecule has 0 unspecified atom stereocenters. The fraction of sp³-hybridized carbons (Fsp3) is 0.571. The van der Waals surface area contributed by atoms with Gasteiger partial charge in [0.1, 0.15) is 0 Å². The number of hydrogen-bond acceptors (Lipinski definition) is 3. The topological polar surface area (TPSA) is 46.6 Å². The van der Waals surface area contributed by atoms with E-state index in [-0.39, 0.29) is 5.75 Å². The lowest BCUT2D eigenvalue weighted by molar-refractivity contribution is -0.0532. The molecule has 3 rings (SSSR count). The van der Waals surface area contributed by atoms with Crippen molar-refractivity contribution in [3.63, 3.8) is 0 Å². The SMILES string of the molecule is COC1(CS(=O)(=O)N2Cc3ccccc3C2)CCC1. The Morgan fingerprint density at radius 3 is 2.21 bits per heavy atom. The van der Waals surface area contributed by atoms with E-state index in [1.165, 1.54) is 0 Å². The molecule has 1 saturated carbocycles. The van der Waals surface area contributed by atoms with Crippen LogP contribution in [-0.4, -0.2) is 31.2 Å². The maximum Gasteiger partial charge on any atom is 0.217 e. The summed E-state index contributed by atoms with van der Waals surface area (Å²) in [6, 6.07) is 7.91. The molecule has 5 heteroatoms. The highest BCUT2D eigenvalue weighted by molar-refractivity contribution is 7.89. The van der Waals surface area contributed by atoms with Crippen molar-refractivity contribution in [2.24, 2.45) is 0 Å². The predicted molar refractivity (Wildman–Crippen MR) is 73.1 cm³/mol. The molecule has 0 saturated heterocycles. The zero-order chi connectivity index (χ0) is 13.5. The zero-order valence-corrected chi connectivity index (χ0v) is 11.9. The fourth-order valence-electron chi connectivity index (χ4n) is 2.90. The average Bonchev–Trinajstić information content (AvgIpc) is 2.78. The molecule has 0 radical (unpaired) electrons. The van der Waals surface area contributed by atoms with Crippen LogP contribution in [-0.2, 0) is 27.8 Å². The number of rotatable bonds is 4. The van der Waals surface area contributed by atoms with Gasteiger partial charge in [0, 0.05) is 20.2 Å². The molecular formula is C14H19NO3S. The van der Waals surface area contributed by atoms with E-state index in [9.17, 15) is 8.42 Å². The lowest BCUT2D eigenvalue weighted by Gasteiger charge is -2.40. The van der Waals surface area contributed by atoms with Crippen LogP contribution in [0.25, 0.3) is 0 Å². The minimum Gasteiger partial charge on any atom is -0.377 e. The van der Waals surface area contributed by atoms with Crippen LogP contribution in [0.15, 0.2) is 24.3 Å². The van der Waals surface area contributed by atoms with Gasteiger partial charge < -0.3 is 4.74 Å². The first kappa shape index (κ1) is 13.1. The number of benzene rings is 1. The summed E-state index contributed by atoms with van der Waals surface area (Å²) >= 11 is 0. The van der Waals surface area contributed by atoms with Crippen molar-refractivity contribution in [3.8, 4) is 0 Å². The van der Waals surface area contributed by atoms with E-state index < -0.39 is 15.6 Å². The first-order valence-corrected chi connectivity index (χ1v) is 8.25. The smallest absolute Gasteiger partial charge is 0.217 e. The molecule has 1 aromatic carbocycles. The Morgan fingerprint density at radius 1 is 1.21 bits per heavy atom. The second-order valence-corrected chi connectivity index (χ2v) is 7.50. The summed E-state index contributed by atoms with van der Waals surface area (Å²) in [6.45, 7) is 0.997. The summed E-state index contributed by atoms with van der Waals surface area (Å²) in [5, 5.41) is 0. The molecule has 1 aromatic rings. The minimum atomic E-state index is -3.25. The van der Waals surface area contributed by atoms with E-state index >= 15 is 0 Å². The lowest BCUT2D eigenvalue weighted by Crippen LogP contribution is -2.48. The minimum absolute atomic E-state index is 0.116. The van der Waals surface area contributed by atoms with Crippen LogP contribution in [0.2, 0.25) is 0 Å². The molecule has 0 aromatic heterocycles. The van der Waals surface area contributed by atoms with Gasteiger partial charge in [0.2, 0.25) is 10.0 Å². The molecule has 4 nitrogen and oxygen atoms in total. The molecular weight excluding hydrogens is 262 g/mol. The van der Waals surface area contributed by atoms with Gasteiger partial charge in [-0.1, -0.05) is 24.3 Å². The molecule has 0 bridgehead atoms. The van der Waals surface area contributed by atoms with Gasteiger partial charge in [-0.2, -0.15) is 4.31 Å². The molecule has 1 aliphatic heterocycles. The number of fused-ring (bicyclic) bond motifs is 1. The Balaban J connectivity index is 1.76. The van der Waals surface area contributed by atoms with Crippen molar-refractivity contribution >= 4 is 10.0 Å². The first-order chi connectivity index (χ1) is 9.05. The Morgan fingerprint density at radius 2 is 1.79 bits per heavy atom. The van der Waals surface area contributed by atoms with E-state index in [0.717, 1.165) is 30.4 Å². The van der Waals surface area contributed by atoms with Gasteiger partial charge in [0.25, 0.3) is 0 Å². The zero-order valence-electron chi connectivity index (χ0n) is 11.1. The Kier molecular flexibility index (Phi) is 3.15. The van der Waals surface area contributed by atoms with E-state index in [4.69, 9.17) is 4.74 Å². The Hall–Kier alpha value is -0.910. The van der Waals surface area contributed by atoms with E-state index in [0.29, 0.717) is 13.1 Å². The third-order valence-electron chi connectivity index (χ3n) is 4.35. The number of methoxy groups -OCH3 is 1. The van der Waals surface area contributed by atoms with Crippen LogP contribution in [0, 0.1) is 0 Å². The van der Waals surface area contributed by atoms with Gasteiger partial charge in [0.05, 0.1) is 11.4 Å². The third kappa shape index (κ3) is 2.30. The van der Waals surface area contributed by atoms with Crippen LogP contribution in [0.3, 0.4) is 0 Å². The molecule has 1 aliphatic carbocycles. The average molecular weight is 281 g/mol. The summed E-state index contributed by atoms with van der Waals surface area (Å²) in [7, 11) is -1.63. The summed E-state index contributed by atoms with van der Waals surface area (Å²) in [4.78, 5) is 0. The van der Waals surface area contributed by atoms with Crippen molar-refractivity contribution < 1.29 is 13.2 Å². The molecule has 19 heavy (non-hydrogen) atoms. The molecule has 2 aliphatic rings. The van der Waals surface area contributed by atoms with Crippen molar-refractivity contribution in [3.05, 3.63) is 35.4 Å². The van der Waals surface area contributed by atoms with Crippen molar-refractivity contribution in [1.82, 2.24) is 4.31 Å². The van der Waals surface area contributed by atoms with E-state index in [1.807, 2.05) is 24.3 Å². The van der Waals surface area contributed by atoms with E-state index in [1.54, 1.807) is 11.4 Å². The molecule has 0 atom stereocenters. The second kappa shape index (κ2) is 4.58. The van der Waals surface area contributed by atoms with Crippen molar-refractivity contribution in [2.45, 2.75) is 38.0 Å². The summed E-state index contributed by atoms with van der Waals surface area (Å²) in [6.07, 6.45) is 2.76. The highest BCUT2D eigenvalue weighted by atomic mass is 32.2. The summed E-state index contributed by atoms with van der Waals surface area (Å²) in [5.41, 5.74) is 1.80. The van der Waals surface area contributed by atoms with Crippen molar-refractivity contribution in [2.75, 3.05) is 12.9 Å². The summed E-state index contributed by atoms with van der Waals surface area (Å²) in [5.74, 6) is 0.116. The molecule has 0 N–H and O–H groups in total. The summed E-state index contributed by atoms with van der Waals surface area (Å²) < 4.78 is 32.0. The number of nitrogens with zero attached hydrogens (tertiary/aromatic N) is 1. The van der Waals surface area contributed by atoms with Gasteiger partial charge in [-0.15, -0.1) is 0 Å². The monoisotopic (exact) mass is 281 g/mol. The maximum absolute atomic E-state index is 12.5. The predicted octanol–water partition coefficient (Wildman–Crippen LogP) is 1.90. The van der Waals surface area contributed by atoms with Crippen LogP contribution in [0.1, 0.15) is 30.4 Å². The van der Waals surface area contributed by atoms with Crippen LogP contribution < -0.4 is 0 Å². The highest BCUT2D eigenvalue weighted by Gasteiger charge is 2.43. The standard InChI is InChI=1S/C14H19NO3S/c1-18-14(7-4-8-14)11-19(16,17)15-9-12-5-2-3-6-13(12)10-15/h2-3,5-6H,4,7-11H2,1H3. The number of sulfonamides is 1. The third-order valence-corrected chi connectivity index (χ3v) is 6.28. The van der Waals surface area contributed by atoms with Gasteiger partial charge in [-0.05, 0) is 30.4 Å². The Labute approximate surface area is 114 Å². The van der Waals surface area contributed by atoms with Crippen LogP contribution >= 0.6 is 0 Å². The lowest BCUT2D eigenvalue weighted by atomic mass is 9.82. The van der Waals surface area contributed by atoms with Gasteiger partial charge >= 0.3 is 0 Å². The van der Waals surface area contributed by atoms with Gasteiger partial charge in [-0.3, -0.25) is 0 Å². The molecule has 1 fully saturated rings.